The van der Waals surface area contributed by atoms with Gasteiger partial charge in [-0.1, -0.05) is 25.6 Å². The molecule has 0 aromatic rings. The summed E-state index contributed by atoms with van der Waals surface area (Å²) in [6, 6.07) is 0.621. The summed E-state index contributed by atoms with van der Waals surface area (Å²) >= 11 is 1.88. The second-order valence-corrected chi connectivity index (χ2v) is 6.05. The second kappa shape index (κ2) is 5.92. The number of nitrogens with zero attached hydrogens (tertiary/aromatic N) is 2. The SMILES string of the molecule is CC(C)C1CSC(=NCCN2CCCC2)N1. The van der Waals surface area contributed by atoms with Crippen molar-refractivity contribution in [3.63, 3.8) is 0 Å². The number of nitrogens with one attached hydrogen (secondary N) is 1. The van der Waals surface area contributed by atoms with Crippen molar-refractivity contribution in [3.8, 4) is 0 Å². The van der Waals surface area contributed by atoms with Gasteiger partial charge in [0.15, 0.2) is 5.17 Å². The Balaban J connectivity index is 1.68. The van der Waals surface area contributed by atoms with Gasteiger partial charge in [0, 0.05) is 18.3 Å². The number of thioether (sulfide) groups is 1. The first-order valence-corrected chi connectivity index (χ1v) is 7.40. The molecular formula is C12H23N3S. The molecule has 0 radical (unpaired) electrons. The Kier molecular flexibility index (Phi) is 4.53. The number of likely N-dealkylation sites (tertiary alicyclic amines) is 1. The Labute approximate surface area is 103 Å². The van der Waals surface area contributed by atoms with Crippen molar-refractivity contribution >= 4 is 16.9 Å². The van der Waals surface area contributed by atoms with Crippen LogP contribution in [0.3, 0.4) is 0 Å². The van der Waals surface area contributed by atoms with Crippen LogP contribution in [0.15, 0.2) is 4.99 Å². The van der Waals surface area contributed by atoms with Gasteiger partial charge in [-0.2, -0.15) is 0 Å². The summed E-state index contributed by atoms with van der Waals surface area (Å²) in [6.45, 7) is 9.19. The van der Waals surface area contributed by atoms with Gasteiger partial charge in [-0.25, -0.2) is 0 Å². The molecule has 0 bridgehead atoms. The maximum Gasteiger partial charge on any atom is 0.156 e. The zero-order valence-electron chi connectivity index (χ0n) is 10.4. The fourth-order valence-electron chi connectivity index (χ4n) is 2.16. The minimum absolute atomic E-state index is 0.621. The Bertz CT molecular complexity index is 247. The number of aliphatic imine (C=N–C) groups is 1. The smallest absolute Gasteiger partial charge is 0.156 e. The maximum absolute atomic E-state index is 4.65. The summed E-state index contributed by atoms with van der Waals surface area (Å²) in [6.07, 6.45) is 2.75. The minimum atomic E-state index is 0.621. The van der Waals surface area contributed by atoms with Gasteiger partial charge in [0.1, 0.15) is 0 Å². The van der Waals surface area contributed by atoms with Crippen LogP contribution in [0.25, 0.3) is 0 Å². The van der Waals surface area contributed by atoms with Crippen LogP contribution in [0.5, 0.6) is 0 Å². The molecular weight excluding hydrogens is 218 g/mol. The Morgan fingerprint density at radius 1 is 1.44 bits per heavy atom. The Morgan fingerprint density at radius 2 is 2.19 bits per heavy atom. The molecule has 4 heteroatoms. The van der Waals surface area contributed by atoms with Gasteiger partial charge in [0.25, 0.3) is 0 Å². The average molecular weight is 241 g/mol. The van der Waals surface area contributed by atoms with Crippen LogP contribution in [0.1, 0.15) is 26.7 Å². The highest BCUT2D eigenvalue weighted by molar-refractivity contribution is 8.14. The molecule has 0 aromatic carbocycles. The third-order valence-corrected chi connectivity index (χ3v) is 4.43. The highest BCUT2D eigenvalue weighted by Crippen LogP contribution is 2.18. The molecule has 0 spiro atoms. The topological polar surface area (TPSA) is 27.6 Å². The van der Waals surface area contributed by atoms with E-state index in [2.05, 4.69) is 29.1 Å². The summed E-state index contributed by atoms with van der Waals surface area (Å²) in [7, 11) is 0. The van der Waals surface area contributed by atoms with Crippen molar-refractivity contribution in [2.75, 3.05) is 31.9 Å². The highest BCUT2D eigenvalue weighted by Gasteiger charge is 2.22. The predicted molar refractivity (Wildman–Crippen MR) is 72.2 cm³/mol. The summed E-state index contributed by atoms with van der Waals surface area (Å²) in [4.78, 5) is 7.16. The molecule has 2 aliphatic heterocycles. The van der Waals surface area contributed by atoms with Gasteiger partial charge in [0.2, 0.25) is 0 Å². The van der Waals surface area contributed by atoms with Crippen LogP contribution >= 0.6 is 11.8 Å². The largest absolute Gasteiger partial charge is 0.361 e. The molecule has 3 nitrogen and oxygen atoms in total. The van der Waals surface area contributed by atoms with Crippen LogP contribution in [0, 0.1) is 5.92 Å². The Hall–Kier alpha value is -0.220. The van der Waals surface area contributed by atoms with Crippen molar-refractivity contribution in [2.45, 2.75) is 32.7 Å². The third-order valence-electron chi connectivity index (χ3n) is 3.38. The standard InChI is InChI=1S/C12H23N3S/c1-10(2)11-9-16-12(14-11)13-5-8-15-6-3-4-7-15/h10-11H,3-9H2,1-2H3,(H,13,14). The highest BCUT2D eigenvalue weighted by atomic mass is 32.2. The first-order chi connectivity index (χ1) is 7.75. The summed E-state index contributed by atoms with van der Waals surface area (Å²) in [5, 5.41) is 4.67. The normalized spacial score (nSPS) is 29.2. The van der Waals surface area contributed by atoms with Crippen LogP contribution in [0.4, 0.5) is 0 Å². The van der Waals surface area contributed by atoms with Crippen molar-refractivity contribution in [2.24, 2.45) is 10.9 Å². The number of hydrogen-bond donors (Lipinski definition) is 1. The van der Waals surface area contributed by atoms with Crippen LogP contribution in [-0.2, 0) is 0 Å². The Morgan fingerprint density at radius 3 is 2.81 bits per heavy atom. The summed E-state index contributed by atoms with van der Waals surface area (Å²) in [5.41, 5.74) is 0. The molecule has 0 aromatic heterocycles. The summed E-state index contributed by atoms with van der Waals surface area (Å²) < 4.78 is 0. The van der Waals surface area contributed by atoms with E-state index in [0.29, 0.717) is 12.0 Å². The number of hydrogen-bond acceptors (Lipinski definition) is 3. The molecule has 0 aliphatic carbocycles. The van der Waals surface area contributed by atoms with Crippen LogP contribution in [0.2, 0.25) is 0 Å². The molecule has 16 heavy (non-hydrogen) atoms. The van der Waals surface area contributed by atoms with E-state index in [1.807, 2.05) is 11.8 Å². The van der Waals surface area contributed by atoms with E-state index in [1.165, 1.54) is 31.7 Å². The zero-order chi connectivity index (χ0) is 11.4. The lowest BCUT2D eigenvalue weighted by Crippen LogP contribution is -2.32. The monoisotopic (exact) mass is 241 g/mol. The lowest BCUT2D eigenvalue weighted by molar-refractivity contribution is 0.349. The van der Waals surface area contributed by atoms with Gasteiger partial charge in [0.05, 0.1) is 6.54 Å². The molecule has 2 fully saturated rings. The molecule has 2 saturated heterocycles. The van der Waals surface area contributed by atoms with E-state index < -0.39 is 0 Å². The van der Waals surface area contributed by atoms with Crippen molar-refractivity contribution in [3.05, 3.63) is 0 Å². The van der Waals surface area contributed by atoms with Crippen LogP contribution in [-0.4, -0.2) is 48.0 Å². The quantitative estimate of drug-likeness (QED) is 0.813. The number of amidine groups is 1. The van der Waals surface area contributed by atoms with E-state index >= 15 is 0 Å². The molecule has 1 unspecified atom stereocenters. The summed E-state index contributed by atoms with van der Waals surface area (Å²) in [5.74, 6) is 1.89. The molecule has 2 rings (SSSR count). The molecule has 0 amide bonds. The maximum atomic E-state index is 4.65. The van der Waals surface area contributed by atoms with Gasteiger partial charge in [-0.3, -0.25) is 4.99 Å². The van der Waals surface area contributed by atoms with Crippen molar-refractivity contribution < 1.29 is 0 Å². The first-order valence-electron chi connectivity index (χ1n) is 6.42. The van der Waals surface area contributed by atoms with Gasteiger partial charge < -0.3 is 10.2 Å². The zero-order valence-corrected chi connectivity index (χ0v) is 11.2. The second-order valence-electron chi connectivity index (χ2n) is 5.04. The molecule has 1 atom stereocenters. The van der Waals surface area contributed by atoms with Gasteiger partial charge in [-0.15, -0.1) is 0 Å². The van der Waals surface area contributed by atoms with E-state index in [-0.39, 0.29) is 0 Å². The third kappa shape index (κ3) is 3.39. The van der Waals surface area contributed by atoms with E-state index in [0.717, 1.165) is 18.3 Å². The average Bonchev–Trinajstić information content (AvgIpc) is 2.87. The van der Waals surface area contributed by atoms with E-state index in [1.54, 1.807) is 0 Å². The molecule has 0 saturated carbocycles. The molecule has 2 aliphatic rings. The fourth-order valence-corrected chi connectivity index (χ4v) is 3.38. The lowest BCUT2D eigenvalue weighted by atomic mass is 10.1. The fraction of sp³-hybridized carbons (Fsp3) is 0.917. The van der Waals surface area contributed by atoms with Crippen LogP contribution < -0.4 is 5.32 Å². The minimum Gasteiger partial charge on any atom is -0.361 e. The predicted octanol–water partition coefficient (Wildman–Crippen LogP) is 1.80. The number of rotatable bonds is 4. The lowest BCUT2D eigenvalue weighted by Gasteiger charge is -2.14. The first kappa shape index (κ1) is 12.2. The van der Waals surface area contributed by atoms with E-state index in [9.17, 15) is 0 Å². The molecule has 2 heterocycles. The van der Waals surface area contributed by atoms with Gasteiger partial charge in [-0.05, 0) is 31.8 Å². The van der Waals surface area contributed by atoms with E-state index in [4.69, 9.17) is 0 Å². The van der Waals surface area contributed by atoms with Crippen molar-refractivity contribution in [1.29, 1.82) is 0 Å². The van der Waals surface area contributed by atoms with Gasteiger partial charge >= 0.3 is 0 Å². The van der Waals surface area contributed by atoms with Crippen molar-refractivity contribution in [1.82, 2.24) is 10.2 Å². The molecule has 1 N–H and O–H groups in total. The molecule has 92 valence electrons.